The number of halogens is 2. The van der Waals surface area contributed by atoms with Crippen molar-refractivity contribution in [3.8, 4) is 0 Å². The second-order valence-corrected chi connectivity index (χ2v) is 3.94. The van der Waals surface area contributed by atoms with Gasteiger partial charge in [0.2, 0.25) is 5.95 Å². The van der Waals surface area contributed by atoms with Crippen LogP contribution in [0, 0.1) is 5.95 Å². The monoisotopic (exact) mass is 231 g/mol. The van der Waals surface area contributed by atoms with Gasteiger partial charge >= 0.3 is 0 Å². The molecule has 1 fully saturated rings. The lowest BCUT2D eigenvalue weighted by Gasteiger charge is -2.07. The fraction of sp³-hybridized carbons (Fsp3) is 0.375. The Bertz CT molecular complexity index is 325. The molecule has 1 aromatic heterocycles. The number of nitrogens with zero attached hydrogens (tertiary/aromatic N) is 1. The lowest BCUT2D eigenvalue weighted by atomic mass is 10.1. The first-order valence-corrected chi connectivity index (χ1v) is 4.45. The molecule has 0 spiro atoms. The molecule has 4 heteroatoms. The van der Waals surface area contributed by atoms with Crippen LogP contribution >= 0.6 is 15.9 Å². The Hall–Kier alpha value is -0.480. The standard InChI is InChI=1S/C8H7BrFNO/c9-5-3-6(7(10)11-4-5)8(12)1-2-8/h3-4,12H,1-2H2. The summed E-state index contributed by atoms with van der Waals surface area (Å²) in [6.45, 7) is 0. The fourth-order valence-corrected chi connectivity index (χ4v) is 1.47. The van der Waals surface area contributed by atoms with E-state index in [1.54, 1.807) is 6.07 Å². The average molecular weight is 232 g/mol. The van der Waals surface area contributed by atoms with E-state index in [0.29, 0.717) is 22.9 Å². The maximum Gasteiger partial charge on any atom is 0.219 e. The molecule has 0 aliphatic heterocycles. The molecule has 64 valence electrons. The highest BCUT2D eigenvalue weighted by Crippen LogP contribution is 2.46. The average Bonchev–Trinajstić information content (AvgIpc) is 2.75. The predicted octanol–water partition coefficient (Wildman–Crippen LogP) is 1.96. The first-order valence-electron chi connectivity index (χ1n) is 3.66. The molecule has 1 aromatic rings. The maximum absolute atomic E-state index is 13.0. The smallest absolute Gasteiger partial charge is 0.219 e. The van der Waals surface area contributed by atoms with Crippen LogP contribution in [0.25, 0.3) is 0 Å². The van der Waals surface area contributed by atoms with E-state index in [1.165, 1.54) is 6.20 Å². The first kappa shape index (κ1) is 8.13. The van der Waals surface area contributed by atoms with Gasteiger partial charge in [0.1, 0.15) is 0 Å². The Morgan fingerprint density at radius 1 is 1.58 bits per heavy atom. The molecule has 1 aliphatic rings. The van der Waals surface area contributed by atoms with Crippen LogP contribution in [-0.2, 0) is 5.60 Å². The van der Waals surface area contributed by atoms with Crippen LogP contribution in [0.15, 0.2) is 16.7 Å². The van der Waals surface area contributed by atoms with E-state index in [2.05, 4.69) is 20.9 Å². The Balaban J connectivity index is 2.48. The third-order valence-electron chi connectivity index (χ3n) is 2.03. The fourth-order valence-electron chi connectivity index (χ4n) is 1.14. The summed E-state index contributed by atoms with van der Waals surface area (Å²) in [7, 11) is 0. The molecular formula is C8H7BrFNO. The minimum atomic E-state index is -0.944. The van der Waals surface area contributed by atoms with Crippen molar-refractivity contribution in [3.63, 3.8) is 0 Å². The number of rotatable bonds is 1. The second-order valence-electron chi connectivity index (χ2n) is 3.02. The van der Waals surface area contributed by atoms with E-state index < -0.39 is 11.5 Å². The second kappa shape index (κ2) is 2.50. The summed E-state index contributed by atoms with van der Waals surface area (Å²) in [5, 5.41) is 9.60. The van der Waals surface area contributed by atoms with Crippen molar-refractivity contribution in [2.45, 2.75) is 18.4 Å². The van der Waals surface area contributed by atoms with Crippen molar-refractivity contribution in [1.29, 1.82) is 0 Å². The summed E-state index contributed by atoms with van der Waals surface area (Å²) in [5.74, 6) is -0.571. The molecule has 0 saturated heterocycles. The Kier molecular flexibility index (Phi) is 1.70. The van der Waals surface area contributed by atoms with Crippen molar-refractivity contribution in [1.82, 2.24) is 4.98 Å². The van der Waals surface area contributed by atoms with Crippen molar-refractivity contribution < 1.29 is 9.50 Å². The summed E-state index contributed by atoms with van der Waals surface area (Å²) in [6, 6.07) is 1.58. The van der Waals surface area contributed by atoms with Gasteiger partial charge in [-0.25, -0.2) is 4.98 Å². The summed E-state index contributed by atoms with van der Waals surface area (Å²) in [6.07, 6.45) is 2.63. The van der Waals surface area contributed by atoms with Gasteiger partial charge in [-0.15, -0.1) is 0 Å². The molecule has 1 aliphatic carbocycles. The van der Waals surface area contributed by atoms with Crippen LogP contribution in [-0.4, -0.2) is 10.1 Å². The van der Waals surface area contributed by atoms with Crippen molar-refractivity contribution in [3.05, 3.63) is 28.2 Å². The summed E-state index contributed by atoms with van der Waals surface area (Å²) in [4.78, 5) is 3.51. The van der Waals surface area contributed by atoms with Gasteiger partial charge in [0.05, 0.1) is 5.60 Å². The van der Waals surface area contributed by atoms with E-state index in [9.17, 15) is 9.50 Å². The number of hydrogen-bond donors (Lipinski definition) is 1. The highest BCUT2D eigenvalue weighted by atomic mass is 79.9. The zero-order valence-corrected chi connectivity index (χ0v) is 7.81. The molecular weight excluding hydrogens is 225 g/mol. The molecule has 0 aromatic carbocycles. The van der Waals surface area contributed by atoms with E-state index in [1.807, 2.05) is 0 Å². The molecule has 2 rings (SSSR count). The van der Waals surface area contributed by atoms with Gasteiger partial charge in [-0.1, -0.05) is 0 Å². The van der Waals surface area contributed by atoms with Gasteiger partial charge in [0.25, 0.3) is 0 Å². The molecule has 0 radical (unpaired) electrons. The van der Waals surface area contributed by atoms with Crippen LogP contribution < -0.4 is 0 Å². The molecule has 1 heterocycles. The molecule has 0 bridgehead atoms. The minimum absolute atomic E-state index is 0.303. The SMILES string of the molecule is OC1(c2cc(Br)cnc2F)CC1. The third-order valence-corrected chi connectivity index (χ3v) is 2.46. The van der Waals surface area contributed by atoms with Crippen LogP contribution in [0.3, 0.4) is 0 Å². The Morgan fingerprint density at radius 3 is 2.83 bits per heavy atom. The summed E-state index contributed by atoms with van der Waals surface area (Å²) >= 11 is 3.18. The van der Waals surface area contributed by atoms with Crippen molar-refractivity contribution in [2.24, 2.45) is 0 Å². The van der Waals surface area contributed by atoms with Crippen molar-refractivity contribution >= 4 is 15.9 Å². The van der Waals surface area contributed by atoms with Gasteiger partial charge in [0, 0.05) is 16.2 Å². The molecule has 0 atom stereocenters. The van der Waals surface area contributed by atoms with Crippen LogP contribution in [0.1, 0.15) is 18.4 Å². The zero-order chi connectivity index (χ0) is 8.77. The number of hydrogen-bond acceptors (Lipinski definition) is 2. The van der Waals surface area contributed by atoms with Gasteiger partial charge in [-0.3, -0.25) is 0 Å². The number of pyridine rings is 1. The number of aromatic nitrogens is 1. The van der Waals surface area contributed by atoms with E-state index in [0.717, 1.165) is 0 Å². The predicted molar refractivity (Wildman–Crippen MR) is 45.0 cm³/mol. The van der Waals surface area contributed by atoms with E-state index >= 15 is 0 Å². The normalized spacial score (nSPS) is 19.2. The van der Waals surface area contributed by atoms with E-state index in [-0.39, 0.29) is 0 Å². The zero-order valence-electron chi connectivity index (χ0n) is 6.22. The van der Waals surface area contributed by atoms with Crippen LogP contribution in [0.2, 0.25) is 0 Å². The molecule has 1 N–H and O–H groups in total. The lowest BCUT2D eigenvalue weighted by molar-refractivity contribution is 0.145. The maximum atomic E-state index is 13.0. The Labute approximate surface area is 77.6 Å². The van der Waals surface area contributed by atoms with Gasteiger partial charge in [-0.05, 0) is 34.8 Å². The number of aliphatic hydroxyl groups is 1. The topological polar surface area (TPSA) is 33.1 Å². The van der Waals surface area contributed by atoms with Gasteiger partial charge in [-0.2, -0.15) is 4.39 Å². The van der Waals surface area contributed by atoms with E-state index in [4.69, 9.17) is 0 Å². The van der Waals surface area contributed by atoms with Gasteiger partial charge < -0.3 is 5.11 Å². The lowest BCUT2D eigenvalue weighted by Crippen LogP contribution is -2.08. The molecule has 0 unspecified atom stereocenters. The molecule has 12 heavy (non-hydrogen) atoms. The molecule has 2 nitrogen and oxygen atoms in total. The highest BCUT2D eigenvalue weighted by Gasteiger charge is 2.44. The summed E-state index contributed by atoms with van der Waals surface area (Å²) in [5.41, 5.74) is -0.641. The molecule has 0 amide bonds. The first-order chi connectivity index (χ1) is 5.62. The van der Waals surface area contributed by atoms with Crippen LogP contribution in [0.4, 0.5) is 4.39 Å². The highest BCUT2D eigenvalue weighted by molar-refractivity contribution is 9.10. The third kappa shape index (κ3) is 1.25. The largest absolute Gasteiger partial charge is 0.385 e. The Morgan fingerprint density at radius 2 is 2.25 bits per heavy atom. The quantitative estimate of drug-likeness (QED) is 0.751. The molecule has 1 saturated carbocycles. The summed E-state index contributed by atoms with van der Waals surface area (Å²) < 4.78 is 13.7. The van der Waals surface area contributed by atoms with Crippen molar-refractivity contribution in [2.75, 3.05) is 0 Å². The van der Waals surface area contributed by atoms with Crippen LogP contribution in [0.5, 0.6) is 0 Å². The van der Waals surface area contributed by atoms with Gasteiger partial charge in [0.15, 0.2) is 0 Å². The minimum Gasteiger partial charge on any atom is -0.385 e.